The third kappa shape index (κ3) is 3.96. The van der Waals surface area contributed by atoms with E-state index in [4.69, 9.17) is 14.7 Å². The Morgan fingerprint density at radius 3 is 2.34 bits per heavy atom. The molecule has 3 heterocycles. The number of aromatic nitrogens is 5. The van der Waals surface area contributed by atoms with Crippen molar-refractivity contribution >= 4 is 16.7 Å². The maximum absolute atomic E-state index is 5.07. The van der Waals surface area contributed by atoms with Crippen LogP contribution < -0.4 is 10.1 Å². The number of anilines is 1. The van der Waals surface area contributed by atoms with Gasteiger partial charge in [-0.05, 0) is 29.3 Å². The predicted molar refractivity (Wildman–Crippen MR) is 124 cm³/mol. The van der Waals surface area contributed by atoms with Gasteiger partial charge in [-0.3, -0.25) is 4.98 Å². The highest BCUT2D eigenvalue weighted by atomic mass is 16.5. The highest BCUT2D eigenvalue weighted by molar-refractivity contribution is 6.02. The second kappa shape index (κ2) is 8.77. The molecular formula is C25H20N6O. The number of benzene rings is 2. The first kappa shape index (κ1) is 19.6. The third-order valence-electron chi connectivity index (χ3n) is 5.04. The molecule has 7 heteroatoms. The van der Waals surface area contributed by atoms with Gasteiger partial charge in [0.15, 0.2) is 5.82 Å². The fraction of sp³-hybridized carbons (Fsp3) is 0.0800. The van der Waals surface area contributed by atoms with Crippen molar-refractivity contribution in [3.63, 3.8) is 0 Å². The van der Waals surface area contributed by atoms with Crippen molar-refractivity contribution < 1.29 is 4.74 Å². The van der Waals surface area contributed by atoms with E-state index in [1.165, 1.54) is 7.11 Å². The van der Waals surface area contributed by atoms with E-state index in [0.29, 0.717) is 23.9 Å². The molecule has 0 aliphatic carbocycles. The summed E-state index contributed by atoms with van der Waals surface area (Å²) in [5.41, 5.74) is 4.62. The number of nitrogens with zero attached hydrogens (tertiary/aromatic N) is 5. The second-order valence-electron chi connectivity index (χ2n) is 7.09. The van der Waals surface area contributed by atoms with E-state index in [0.717, 1.165) is 33.5 Å². The summed E-state index contributed by atoms with van der Waals surface area (Å²) >= 11 is 0. The van der Waals surface area contributed by atoms with Gasteiger partial charge in [0.2, 0.25) is 0 Å². The number of ether oxygens (including phenoxy) is 1. The van der Waals surface area contributed by atoms with Crippen LogP contribution in [0.2, 0.25) is 0 Å². The van der Waals surface area contributed by atoms with Crippen LogP contribution in [-0.2, 0) is 6.54 Å². The number of hydrogen-bond donors (Lipinski definition) is 1. The lowest BCUT2D eigenvalue weighted by Gasteiger charge is -2.14. The van der Waals surface area contributed by atoms with Crippen LogP contribution in [0, 0.1) is 0 Å². The molecule has 0 saturated heterocycles. The quantitative estimate of drug-likeness (QED) is 0.423. The number of rotatable bonds is 6. The van der Waals surface area contributed by atoms with E-state index in [2.05, 4.69) is 38.5 Å². The van der Waals surface area contributed by atoms with Gasteiger partial charge in [0.05, 0.1) is 35.8 Å². The van der Waals surface area contributed by atoms with E-state index in [1.807, 2.05) is 48.5 Å². The second-order valence-corrected chi connectivity index (χ2v) is 7.09. The van der Waals surface area contributed by atoms with Crippen molar-refractivity contribution in [2.24, 2.45) is 0 Å². The van der Waals surface area contributed by atoms with Gasteiger partial charge in [-0.2, -0.15) is 0 Å². The minimum absolute atomic E-state index is 0.300. The Balaban J connectivity index is 1.65. The highest BCUT2D eigenvalue weighted by Crippen LogP contribution is 2.34. The van der Waals surface area contributed by atoms with Gasteiger partial charge < -0.3 is 10.1 Å². The average Bonchev–Trinajstić information content (AvgIpc) is 2.88. The molecule has 0 aliphatic heterocycles. The van der Waals surface area contributed by atoms with Crippen LogP contribution in [-0.4, -0.2) is 32.0 Å². The maximum atomic E-state index is 5.07. The zero-order chi connectivity index (χ0) is 21.8. The summed E-state index contributed by atoms with van der Waals surface area (Å²) in [6.45, 7) is 0.536. The molecule has 0 unspecified atom stereocenters. The Hall–Kier alpha value is -4.39. The largest absolute Gasteiger partial charge is 0.467 e. The smallest absolute Gasteiger partial charge is 0.316 e. The molecular weight excluding hydrogens is 400 g/mol. The molecule has 156 valence electrons. The van der Waals surface area contributed by atoms with E-state index < -0.39 is 0 Å². The van der Waals surface area contributed by atoms with Crippen LogP contribution >= 0.6 is 0 Å². The highest BCUT2D eigenvalue weighted by Gasteiger charge is 2.15. The molecule has 0 fully saturated rings. The molecule has 5 aromatic rings. The summed E-state index contributed by atoms with van der Waals surface area (Å²) in [5, 5.41) is 4.42. The van der Waals surface area contributed by atoms with E-state index >= 15 is 0 Å². The molecule has 1 N–H and O–H groups in total. The van der Waals surface area contributed by atoms with Crippen LogP contribution in [0.5, 0.6) is 6.01 Å². The fourth-order valence-corrected chi connectivity index (χ4v) is 3.51. The first-order valence-corrected chi connectivity index (χ1v) is 10.2. The van der Waals surface area contributed by atoms with Gasteiger partial charge in [0.1, 0.15) is 5.82 Å². The molecule has 32 heavy (non-hydrogen) atoms. The summed E-state index contributed by atoms with van der Waals surface area (Å²) in [4.78, 5) is 22.5. The van der Waals surface area contributed by atoms with Gasteiger partial charge in [-0.1, -0.05) is 48.5 Å². The number of nitrogens with one attached hydrogen (secondary N) is 1. The third-order valence-corrected chi connectivity index (χ3v) is 5.04. The molecule has 2 aromatic carbocycles. The van der Waals surface area contributed by atoms with E-state index in [1.54, 1.807) is 18.6 Å². The first-order chi connectivity index (χ1) is 15.8. The zero-order valence-electron chi connectivity index (χ0n) is 17.4. The maximum Gasteiger partial charge on any atom is 0.316 e. The Kier molecular flexibility index (Phi) is 5.36. The summed E-state index contributed by atoms with van der Waals surface area (Å²) in [5.74, 6) is 1.26. The van der Waals surface area contributed by atoms with Crippen molar-refractivity contribution in [3.05, 3.63) is 91.0 Å². The molecule has 0 radical (unpaired) electrons. The number of hydrogen-bond acceptors (Lipinski definition) is 7. The van der Waals surface area contributed by atoms with Crippen molar-refractivity contribution in [1.82, 2.24) is 24.9 Å². The van der Waals surface area contributed by atoms with Gasteiger partial charge in [-0.25, -0.2) is 19.9 Å². The lowest BCUT2D eigenvalue weighted by atomic mass is 10.0. The number of pyridine rings is 1. The monoisotopic (exact) mass is 420 g/mol. The van der Waals surface area contributed by atoms with Crippen LogP contribution in [0.25, 0.3) is 33.4 Å². The normalized spacial score (nSPS) is 10.8. The van der Waals surface area contributed by atoms with Crippen LogP contribution in [0.1, 0.15) is 5.69 Å². The summed E-state index contributed by atoms with van der Waals surface area (Å²) in [6, 6.07) is 22.5. The lowest BCUT2D eigenvalue weighted by Crippen LogP contribution is -2.06. The minimum Gasteiger partial charge on any atom is -0.467 e. The van der Waals surface area contributed by atoms with Gasteiger partial charge in [-0.15, -0.1) is 0 Å². The van der Waals surface area contributed by atoms with Gasteiger partial charge in [0.25, 0.3) is 0 Å². The SMILES string of the molecule is COc1ncc(-c2nc(NCc3ccccn3)c3c(-c4ccccc4)cccc3n2)cn1. The molecule has 0 atom stereocenters. The van der Waals surface area contributed by atoms with Crippen molar-refractivity contribution in [3.8, 4) is 28.5 Å². The molecule has 0 aliphatic rings. The predicted octanol–water partition coefficient (Wildman–Crippen LogP) is 4.77. The van der Waals surface area contributed by atoms with E-state index in [-0.39, 0.29) is 0 Å². The standard InChI is InChI=1S/C25H20N6O/c1-32-25-28-14-18(15-29-25)23-30-21-12-7-11-20(17-8-3-2-4-9-17)22(21)24(31-23)27-16-19-10-5-6-13-26-19/h2-15H,16H2,1H3,(H,27,30,31). The minimum atomic E-state index is 0.300. The van der Waals surface area contributed by atoms with Crippen LogP contribution in [0.3, 0.4) is 0 Å². The Morgan fingerprint density at radius 2 is 1.59 bits per heavy atom. The van der Waals surface area contributed by atoms with Crippen molar-refractivity contribution in [2.75, 3.05) is 12.4 Å². The average molecular weight is 420 g/mol. The van der Waals surface area contributed by atoms with Crippen molar-refractivity contribution in [2.45, 2.75) is 6.54 Å². The number of fused-ring (bicyclic) bond motifs is 1. The Bertz CT molecular complexity index is 1340. The molecule has 0 spiro atoms. The topological polar surface area (TPSA) is 85.7 Å². The number of methoxy groups -OCH3 is 1. The van der Waals surface area contributed by atoms with Crippen molar-refractivity contribution in [1.29, 1.82) is 0 Å². The molecule has 3 aromatic heterocycles. The van der Waals surface area contributed by atoms with Gasteiger partial charge in [0, 0.05) is 18.6 Å². The lowest BCUT2D eigenvalue weighted by molar-refractivity contribution is 0.380. The fourth-order valence-electron chi connectivity index (χ4n) is 3.51. The summed E-state index contributed by atoms with van der Waals surface area (Å²) in [7, 11) is 1.53. The Morgan fingerprint density at radius 1 is 0.781 bits per heavy atom. The molecule has 0 saturated carbocycles. The summed E-state index contributed by atoms with van der Waals surface area (Å²) in [6.07, 6.45) is 5.11. The van der Waals surface area contributed by atoms with Crippen LogP contribution in [0.4, 0.5) is 5.82 Å². The molecule has 0 amide bonds. The molecule has 0 bridgehead atoms. The molecule has 5 rings (SSSR count). The van der Waals surface area contributed by atoms with Crippen LogP contribution in [0.15, 0.2) is 85.3 Å². The Labute approximate surface area is 185 Å². The van der Waals surface area contributed by atoms with Gasteiger partial charge >= 0.3 is 6.01 Å². The first-order valence-electron chi connectivity index (χ1n) is 10.2. The summed E-state index contributed by atoms with van der Waals surface area (Å²) < 4.78 is 5.07. The van der Waals surface area contributed by atoms with E-state index in [9.17, 15) is 0 Å². The zero-order valence-corrected chi connectivity index (χ0v) is 17.4. The molecule has 7 nitrogen and oxygen atoms in total.